The number of nitrogens with one attached hydrogen (secondary N) is 1. The molecule has 1 saturated heterocycles. The lowest BCUT2D eigenvalue weighted by Gasteiger charge is -2.13. The van der Waals surface area contributed by atoms with Crippen LogP contribution in [0, 0.1) is 5.92 Å². The molecule has 1 amide bonds. The lowest BCUT2D eigenvalue weighted by molar-refractivity contribution is -0.120. The normalized spacial score (nSPS) is 23.1. The third-order valence-electron chi connectivity index (χ3n) is 2.29. The van der Waals surface area contributed by atoms with E-state index in [1.165, 1.54) is 0 Å². The smallest absolute Gasteiger partial charge is 0.233 e. The van der Waals surface area contributed by atoms with Crippen LogP contribution in [0.1, 0.15) is 19.8 Å². The van der Waals surface area contributed by atoms with E-state index in [1.807, 2.05) is 6.92 Å². The van der Waals surface area contributed by atoms with Gasteiger partial charge in [0.2, 0.25) is 5.91 Å². The summed E-state index contributed by atoms with van der Waals surface area (Å²) in [6.07, 6.45) is 2.14. The number of rotatable bonds is 4. The van der Waals surface area contributed by atoms with E-state index in [2.05, 4.69) is 5.32 Å². The van der Waals surface area contributed by atoms with Gasteiger partial charge in [0, 0.05) is 12.5 Å². The maximum Gasteiger partial charge on any atom is 0.233 e. The number of carbonyl (C=O) groups is 1. The maximum absolute atomic E-state index is 11.6. The molecule has 3 N–H and O–H groups in total. The van der Waals surface area contributed by atoms with Gasteiger partial charge >= 0.3 is 0 Å². The molecular formula is C9H16N2OS2. The van der Waals surface area contributed by atoms with Gasteiger partial charge in [0.25, 0.3) is 0 Å². The van der Waals surface area contributed by atoms with Crippen molar-refractivity contribution in [2.45, 2.75) is 25.0 Å². The summed E-state index contributed by atoms with van der Waals surface area (Å²) in [6, 6.07) is 0. The van der Waals surface area contributed by atoms with E-state index in [1.54, 1.807) is 11.8 Å². The lowest BCUT2D eigenvalue weighted by Crippen LogP contribution is -2.37. The molecule has 2 atom stereocenters. The molecule has 0 aromatic heterocycles. The maximum atomic E-state index is 11.6. The number of thiocarbonyl (C=S) groups is 1. The molecule has 1 rings (SSSR count). The molecule has 0 aromatic rings. The first kappa shape index (κ1) is 11.8. The van der Waals surface area contributed by atoms with E-state index >= 15 is 0 Å². The quantitative estimate of drug-likeness (QED) is 0.708. The molecule has 0 saturated carbocycles. The molecular weight excluding hydrogens is 216 g/mol. The predicted molar refractivity (Wildman–Crippen MR) is 64.4 cm³/mol. The van der Waals surface area contributed by atoms with E-state index in [-0.39, 0.29) is 17.1 Å². The molecule has 80 valence electrons. The van der Waals surface area contributed by atoms with Gasteiger partial charge in [0.15, 0.2) is 0 Å². The van der Waals surface area contributed by atoms with Crippen molar-refractivity contribution in [2.24, 2.45) is 11.7 Å². The largest absolute Gasteiger partial charge is 0.393 e. The standard InChI is InChI=1S/C9H16N2OS2/c1-6(8(10)13)5-11-9(12)7-3-2-4-14-7/h6-7H,2-5H2,1H3,(H2,10,13)(H,11,12). The summed E-state index contributed by atoms with van der Waals surface area (Å²) in [4.78, 5) is 12.0. The summed E-state index contributed by atoms with van der Waals surface area (Å²) in [5.74, 6) is 1.32. The highest BCUT2D eigenvalue weighted by molar-refractivity contribution is 8.00. The average molecular weight is 232 g/mol. The first-order valence-electron chi connectivity index (χ1n) is 4.80. The molecule has 1 heterocycles. The number of nitrogens with two attached hydrogens (primary N) is 1. The number of carbonyl (C=O) groups excluding carboxylic acids is 1. The first-order valence-corrected chi connectivity index (χ1v) is 6.25. The Morgan fingerprint density at radius 1 is 1.79 bits per heavy atom. The van der Waals surface area contributed by atoms with Crippen molar-refractivity contribution in [2.75, 3.05) is 12.3 Å². The van der Waals surface area contributed by atoms with Crippen LogP contribution in [-0.2, 0) is 4.79 Å². The topological polar surface area (TPSA) is 55.1 Å². The molecule has 0 spiro atoms. The van der Waals surface area contributed by atoms with E-state index in [0.717, 1.165) is 18.6 Å². The van der Waals surface area contributed by atoms with E-state index in [0.29, 0.717) is 11.5 Å². The Morgan fingerprint density at radius 3 is 3.00 bits per heavy atom. The van der Waals surface area contributed by atoms with Gasteiger partial charge in [-0.25, -0.2) is 0 Å². The minimum Gasteiger partial charge on any atom is -0.393 e. The number of hydrogen-bond acceptors (Lipinski definition) is 3. The fourth-order valence-corrected chi connectivity index (χ4v) is 2.52. The van der Waals surface area contributed by atoms with Gasteiger partial charge < -0.3 is 11.1 Å². The van der Waals surface area contributed by atoms with E-state index in [9.17, 15) is 4.79 Å². The zero-order valence-corrected chi connectivity index (χ0v) is 9.92. The van der Waals surface area contributed by atoms with E-state index < -0.39 is 0 Å². The Labute approximate surface area is 94.2 Å². The Hall–Kier alpha value is -0.290. The molecule has 0 aliphatic carbocycles. The monoisotopic (exact) mass is 232 g/mol. The van der Waals surface area contributed by atoms with Crippen molar-refractivity contribution >= 4 is 34.9 Å². The summed E-state index contributed by atoms with van der Waals surface area (Å²) >= 11 is 6.56. The molecule has 14 heavy (non-hydrogen) atoms. The van der Waals surface area contributed by atoms with Crippen LogP contribution in [0.2, 0.25) is 0 Å². The number of amides is 1. The molecule has 0 radical (unpaired) electrons. The minimum atomic E-state index is 0.0837. The fraction of sp³-hybridized carbons (Fsp3) is 0.778. The van der Waals surface area contributed by atoms with Crippen molar-refractivity contribution in [3.05, 3.63) is 0 Å². The fourth-order valence-electron chi connectivity index (χ4n) is 1.25. The molecule has 3 nitrogen and oxygen atoms in total. The van der Waals surface area contributed by atoms with Crippen molar-refractivity contribution in [3.8, 4) is 0 Å². The molecule has 1 aliphatic heterocycles. The summed E-state index contributed by atoms with van der Waals surface area (Å²) in [5, 5.41) is 3.03. The van der Waals surface area contributed by atoms with Crippen LogP contribution >= 0.6 is 24.0 Å². The highest BCUT2D eigenvalue weighted by atomic mass is 32.2. The Bertz CT molecular complexity index is 227. The van der Waals surface area contributed by atoms with Crippen LogP contribution < -0.4 is 11.1 Å². The Balaban J connectivity index is 2.23. The van der Waals surface area contributed by atoms with Crippen LogP contribution in [-0.4, -0.2) is 28.4 Å². The summed E-state index contributed by atoms with van der Waals surface area (Å²) in [7, 11) is 0. The molecule has 0 bridgehead atoms. The zero-order valence-electron chi connectivity index (χ0n) is 8.29. The van der Waals surface area contributed by atoms with Crippen LogP contribution in [0.3, 0.4) is 0 Å². The van der Waals surface area contributed by atoms with Crippen LogP contribution in [0.25, 0.3) is 0 Å². The third-order valence-corrected chi connectivity index (χ3v) is 4.07. The highest BCUT2D eigenvalue weighted by Crippen LogP contribution is 2.25. The van der Waals surface area contributed by atoms with Gasteiger partial charge in [0.1, 0.15) is 0 Å². The van der Waals surface area contributed by atoms with Crippen LogP contribution in [0.5, 0.6) is 0 Å². The van der Waals surface area contributed by atoms with Gasteiger partial charge in [0.05, 0.1) is 10.2 Å². The highest BCUT2D eigenvalue weighted by Gasteiger charge is 2.23. The van der Waals surface area contributed by atoms with Crippen molar-refractivity contribution in [3.63, 3.8) is 0 Å². The average Bonchev–Trinajstić information content (AvgIpc) is 2.66. The number of thioether (sulfide) groups is 1. The van der Waals surface area contributed by atoms with Gasteiger partial charge in [-0.2, -0.15) is 0 Å². The molecule has 5 heteroatoms. The van der Waals surface area contributed by atoms with Gasteiger partial charge in [-0.1, -0.05) is 19.1 Å². The predicted octanol–water partition coefficient (Wildman–Crippen LogP) is 0.920. The second-order valence-electron chi connectivity index (χ2n) is 3.55. The zero-order chi connectivity index (χ0) is 10.6. The second-order valence-corrected chi connectivity index (χ2v) is 5.33. The summed E-state index contributed by atoms with van der Waals surface area (Å²) < 4.78 is 0. The van der Waals surface area contributed by atoms with Gasteiger partial charge in [-0.15, -0.1) is 11.8 Å². The van der Waals surface area contributed by atoms with Crippen molar-refractivity contribution in [1.82, 2.24) is 5.32 Å². The van der Waals surface area contributed by atoms with Gasteiger partial charge in [-0.3, -0.25) is 4.79 Å². The Morgan fingerprint density at radius 2 is 2.50 bits per heavy atom. The molecule has 0 aromatic carbocycles. The van der Waals surface area contributed by atoms with E-state index in [4.69, 9.17) is 18.0 Å². The second kappa shape index (κ2) is 5.56. The first-order chi connectivity index (χ1) is 6.61. The Kier molecular flexibility index (Phi) is 4.68. The van der Waals surface area contributed by atoms with Gasteiger partial charge in [-0.05, 0) is 18.6 Å². The lowest BCUT2D eigenvalue weighted by atomic mass is 10.2. The number of hydrogen-bond donors (Lipinski definition) is 2. The molecule has 1 aliphatic rings. The SMILES string of the molecule is CC(CNC(=O)C1CCCS1)C(N)=S. The van der Waals surface area contributed by atoms with Crippen molar-refractivity contribution < 1.29 is 4.79 Å². The molecule has 2 unspecified atom stereocenters. The van der Waals surface area contributed by atoms with Crippen LogP contribution in [0.15, 0.2) is 0 Å². The van der Waals surface area contributed by atoms with Crippen LogP contribution in [0.4, 0.5) is 0 Å². The molecule has 1 fully saturated rings. The summed E-state index contributed by atoms with van der Waals surface area (Å²) in [5.41, 5.74) is 5.45. The van der Waals surface area contributed by atoms with Crippen molar-refractivity contribution in [1.29, 1.82) is 0 Å². The summed E-state index contributed by atoms with van der Waals surface area (Å²) in [6.45, 7) is 2.48. The third kappa shape index (κ3) is 3.46. The minimum absolute atomic E-state index is 0.0837.